The van der Waals surface area contributed by atoms with E-state index in [1.165, 1.54) is 0 Å². The number of aromatic nitrogens is 1. The summed E-state index contributed by atoms with van der Waals surface area (Å²) >= 11 is 0. The molecular formula is C19H29N5O. The molecule has 1 aliphatic carbocycles. The van der Waals surface area contributed by atoms with Crippen molar-refractivity contribution in [1.82, 2.24) is 20.5 Å². The van der Waals surface area contributed by atoms with E-state index >= 15 is 0 Å². The van der Waals surface area contributed by atoms with E-state index in [1.807, 2.05) is 12.3 Å². The number of piperazine rings is 1. The number of pyridine rings is 1. The fourth-order valence-corrected chi connectivity index (χ4v) is 4.37. The van der Waals surface area contributed by atoms with Crippen LogP contribution in [0.4, 0.5) is 5.82 Å². The minimum Gasteiger partial charge on any atom is -0.354 e. The van der Waals surface area contributed by atoms with Gasteiger partial charge in [-0.15, -0.1) is 0 Å². The third-order valence-corrected chi connectivity index (χ3v) is 6.23. The Hall–Kier alpha value is -1.66. The van der Waals surface area contributed by atoms with Crippen molar-refractivity contribution in [3.8, 4) is 0 Å². The summed E-state index contributed by atoms with van der Waals surface area (Å²) in [6.45, 7) is 6.79. The van der Waals surface area contributed by atoms with Crippen LogP contribution in [0.5, 0.6) is 0 Å². The van der Waals surface area contributed by atoms with E-state index < -0.39 is 0 Å². The molecule has 1 atom stereocenters. The van der Waals surface area contributed by atoms with Gasteiger partial charge in [0.15, 0.2) is 0 Å². The Morgan fingerprint density at radius 2 is 2.08 bits per heavy atom. The first-order valence-electron chi connectivity index (χ1n) is 9.54. The van der Waals surface area contributed by atoms with Gasteiger partial charge in [-0.25, -0.2) is 4.98 Å². The van der Waals surface area contributed by atoms with Crippen LogP contribution in [-0.2, 0) is 11.3 Å². The van der Waals surface area contributed by atoms with Gasteiger partial charge < -0.3 is 20.4 Å². The number of hydrogen-bond donors (Lipinski definition) is 2. The molecule has 1 saturated carbocycles. The summed E-state index contributed by atoms with van der Waals surface area (Å²) in [5.74, 6) is 1.48. The Kier molecular flexibility index (Phi) is 4.65. The highest BCUT2D eigenvalue weighted by atomic mass is 16.2. The normalized spacial score (nSPS) is 25.8. The number of amides is 1. The molecule has 2 aliphatic heterocycles. The van der Waals surface area contributed by atoms with Crippen molar-refractivity contribution in [2.45, 2.75) is 25.8 Å². The first kappa shape index (κ1) is 16.8. The lowest BCUT2D eigenvalue weighted by atomic mass is 9.92. The van der Waals surface area contributed by atoms with Crippen LogP contribution in [0.15, 0.2) is 18.3 Å². The van der Waals surface area contributed by atoms with E-state index in [-0.39, 0.29) is 11.8 Å². The van der Waals surface area contributed by atoms with Crippen molar-refractivity contribution < 1.29 is 4.79 Å². The maximum Gasteiger partial charge on any atom is 0.223 e. The second kappa shape index (κ2) is 6.92. The molecule has 25 heavy (non-hydrogen) atoms. The average Bonchev–Trinajstić information content (AvgIpc) is 3.34. The number of likely N-dealkylation sites (N-methyl/N-ethyl adjacent to an activating group) is 1. The minimum absolute atomic E-state index is 0.221. The number of carbonyl (C=O) groups is 1. The molecule has 6 nitrogen and oxygen atoms in total. The predicted molar refractivity (Wildman–Crippen MR) is 98.4 cm³/mol. The molecule has 2 N–H and O–H groups in total. The molecule has 4 rings (SSSR count). The molecule has 1 aromatic rings. The summed E-state index contributed by atoms with van der Waals surface area (Å²) in [4.78, 5) is 21.9. The molecule has 1 aromatic heterocycles. The fraction of sp³-hybridized carbons (Fsp3) is 0.684. The molecule has 6 heteroatoms. The van der Waals surface area contributed by atoms with Crippen molar-refractivity contribution in [3.63, 3.8) is 0 Å². The SMILES string of the molecule is CN1CCN(c2ncccc2CNC(=O)C2CC23CCNCC3)CC1. The van der Waals surface area contributed by atoms with Gasteiger partial charge in [0, 0.05) is 50.4 Å². The Morgan fingerprint density at radius 3 is 2.84 bits per heavy atom. The molecule has 2 saturated heterocycles. The van der Waals surface area contributed by atoms with Crippen LogP contribution in [0.25, 0.3) is 0 Å². The molecule has 1 spiro atoms. The van der Waals surface area contributed by atoms with Crippen LogP contribution in [0.3, 0.4) is 0 Å². The molecule has 3 aliphatic rings. The first-order chi connectivity index (χ1) is 12.2. The van der Waals surface area contributed by atoms with Gasteiger partial charge in [0.05, 0.1) is 0 Å². The summed E-state index contributed by atoms with van der Waals surface area (Å²) in [6.07, 6.45) is 5.21. The molecule has 3 fully saturated rings. The Bertz CT molecular complexity index is 620. The zero-order valence-electron chi connectivity index (χ0n) is 15.1. The van der Waals surface area contributed by atoms with E-state index in [1.54, 1.807) is 0 Å². The Morgan fingerprint density at radius 1 is 1.32 bits per heavy atom. The van der Waals surface area contributed by atoms with E-state index in [0.29, 0.717) is 12.0 Å². The van der Waals surface area contributed by atoms with Crippen molar-refractivity contribution in [2.24, 2.45) is 11.3 Å². The van der Waals surface area contributed by atoms with Gasteiger partial charge in [-0.05, 0) is 50.9 Å². The summed E-state index contributed by atoms with van der Waals surface area (Å²) in [5, 5.41) is 6.58. The van der Waals surface area contributed by atoms with Crippen molar-refractivity contribution in [3.05, 3.63) is 23.9 Å². The molecule has 1 amide bonds. The largest absolute Gasteiger partial charge is 0.354 e. The second-order valence-corrected chi connectivity index (χ2v) is 7.86. The molecule has 0 aromatic carbocycles. The van der Waals surface area contributed by atoms with E-state index in [0.717, 1.165) is 69.9 Å². The van der Waals surface area contributed by atoms with Gasteiger partial charge >= 0.3 is 0 Å². The number of piperidine rings is 1. The third kappa shape index (κ3) is 3.51. The fourth-order valence-electron chi connectivity index (χ4n) is 4.37. The van der Waals surface area contributed by atoms with Crippen LogP contribution in [-0.4, -0.2) is 62.1 Å². The highest BCUT2D eigenvalue weighted by Gasteiger charge is 2.57. The number of carbonyl (C=O) groups excluding carboxylic acids is 1. The maximum atomic E-state index is 12.6. The van der Waals surface area contributed by atoms with Crippen molar-refractivity contribution >= 4 is 11.7 Å². The minimum atomic E-state index is 0.221. The zero-order chi connectivity index (χ0) is 17.3. The third-order valence-electron chi connectivity index (χ3n) is 6.23. The molecule has 0 radical (unpaired) electrons. The van der Waals surface area contributed by atoms with Crippen LogP contribution >= 0.6 is 0 Å². The highest BCUT2D eigenvalue weighted by molar-refractivity contribution is 5.82. The van der Waals surface area contributed by atoms with Gasteiger partial charge in [-0.1, -0.05) is 6.07 Å². The van der Waals surface area contributed by atoms with Crippen LogP contribution < -0.4 is 15.5 Å². The lowest BCUT2D eigenvalue weighted by molar-refractivity contribution is -0.123. The summed E-state index contributed by atoms with van der Waals surface area (Å²) in [6, 6.07) is 4.06. The number of rotatable bonds is 4. The lowest BCUT2D eigenvalue weighted by Gasteiger charge is -2.34. The van der Waals surface area contributed by atoms with Gasteiger partial charge in [-0.2, -0.15) is 0 Å². The molecule has 0 bridgehead atoms. The standard InChI is InChI=1S/C19H29N5O/c1-23-9-11-24(12-10-23)17-15(3-2-6-21-17)14-22-18(25)16-13-19(16)4-7-20-8-5-19/h2-3,6,16,20H,4-5,7-14H2,1H3,(H,22,25). The smallest absolute Gasteiger partial charge is 0.223 e. The number of nitrogens with zero attached hydrogens (tertiary/aromatic N) is 3. The maximum absolute atomic E-state index is 12.6. The topological polar surface area (TPSA) is 60.5 Å². The molecule has 1 unspecified atom stereocenters. The average molecular weight is 343 g/mol. The van der Waals surface area contributed by atoms with Gasteiger partial charge in [-0.3, -0.25) is 4.79 Å². The summed E-state index contributed by atoms with van der Waals surface area (Å²) in [7, 11) is 2.16. The number of anilines is 1. The van der Waals surface area contributed by atoms with Gasteiger partial charge in [0.1, 0.15) is 5.82 Å². The molecular weight excluding hydrogens is 314 g/mol. The van der Waals surface area contributed by atoms with Gasteiger partial charge in [0.25, 0.3) is 0 Å². The number of hydrogen-bond acceptors (Lipinski definition) is 5. The number of nitrogens with one attached hydrogen (secondary N) is 2. The molecule has 136 valence electrons. The Labute approximate surface area is 150 Å². The van der Waals surface area contributed by atoms with Gasteiger partial charge in [0.2, 0.25) is 5.91 Å². The van der Waals surface area contributed by atoms with Crippen molar-refractivity contribution in [2.75, 3.05) is 51.2 Å². The summed E-state index contributed by atoms with van der Waals surface area (Å²) < 4.78 is 0. The summed E-state index contributed by atoms with van der Waals surface area (Å²) in [5.41, 5.74) is 1.42. The highest BCUT2D eigenvalue weighted by Crippen LogP contribution is 2.58. The van der Waals surface area contributed by atoms with E-state index in [9.17, 15) is 4.79 Å². The second-order valence-electron chi connectivity index (χ2n) is 7.86. The quantitative estimate of drug-likeness (QED) is 0.848. The predicted octanol–water partition coefficient (Wildman–Crippen LogP) is 0.839. The van der Waals surface area contributed by atoms with Crippen LogP contribution in [0.1, 0.15) is 24.8 Å². The molecule has 3 heterocycles. The Balaban J connectivity index is 1.36. The zero-order valence-corrected chi connectivity index (χ0v) is 15.1. The van der Waals surface area contributed by atoms with Crippen LogP contribution in [0.2, 0.25) is 0 Å². The first-order valence-corrected chi connectivity index (χ1v) is 9.54. The monoisotopic (exact) mass is 343 g/mol. The van der Waals surface area contributed by atoms with Crippen molar-refractivity contribution in [1.29, 1.82) is 0 Å². The van der Waals surface area contributed by atoms with E-state index in [4.69, 9.17) is 0 Å². The van der Waals surface area contributed by atoms with Crippen LogP contribution in [0, 0.1) is 11.3 Å². The van der Waals surface area contributed by atoms with E-state index in [2.05, 4.69) is 38.5 Å². The lowest BCUT2D eigenvalue weighted by Crippen LogP contribution is -2.45.